The van der Waals surface area contributed by atoms with Crippen molar-refractivity contribution in [2.24, 2.45) is 5.73 Å². The van der Waals surface area contributed by atoms with Gasteiger partial charge in [0.1, 0.15) is 0 Å². The maximum atomic E-state index is 11.5. The van der Waals surface area contributed by atoms with E-state index < -0.39 is 5.91 Å². The molecule has 0 saturated carbocycles. The van der Waals surface area contributed by atoms with Crippen molar-refractivity contribution >= 4 is 23.2 Å². The van der Waals surface area contributed by atoms with E-state index in [1.165, 1.54) is 0 Å². The van der Waals surface area contributed by atoms with Gasteiger partial charge < -0.3 is 16.0 Å². The molecule has 0 spiro atoms. The number of primary amides is 1. The predicted octanol–water partition coefficient (Wildman–Crippen LogP) is 1.63. The van der Waals surface area contributed by atoms with Crippen molar-refractivity contribution in [2.75, 3.05) is 25.0 Å². The number of hydrogen-bond donors (Lipinski definition) is 2. The molecule has 0 bridgehead atoms. The number of hydrogen-bond acceptors (Lipinski definition) is 3. The topological polar surface area (TPSA) is 58.4 Å². The lowest BCUT2D eigenvalue weighted by Crippen LogP contribution is -2.45. The number of nitrogens with zero attached hydrogens (tertiary/aromatic N) is 1. The van der Waals surface area contributed by atoms with E-state index in [9.17, 15) is 4.79 Å². The normalized spacial score (nSPS) is 19.9. The molecular weight excluding hydrogens is 250 g/mol. The summed E-state index contributed by atoms with van der Waals surface area (Å²) in [6, 6.07) is 5.66. The van der Waals surface area contributed by atoms with Crippen LogP contribution in [-0.2, 0) is 0 Å². The van der Waals surface area contributed by atoms with Crippen molar-refractivity contribution in [3.8, 4) is 0 Å². The Balaban J connectivity index is 2.31. The van der Waals surface area contributed by atoms with Gasteiger partial charge in [0, 0.05) is 24.2 Å². The number of nitrogens with one attached hydrogen (secondary N) is 1. The maximum Gasteiger partial charge on any atom is 0.250 e. The van der Waals surface area contributed by atoms with Gasteiger partial charge in [0.25, 0.3) is 5.91 Å². The van der Waals surface area contributed by atoms with Crippen LogP contribution in [0.1, 0.15) is 23.2 Å². The smallest absolute Gasteiger partial charge is 0.250 e. The van der Waals surface area contributed by atoms with Gasteiger partial charge in [0.2, 0.25) is 0 Å². The number of rotatable bonds is 3. The summed E-state index contributed by atoms with van der Waals surface area (Å²) < 4.78 is 0. The Morgan fingerprint density at radius 3 is 3.00 bits per heavy atom. The molecule has 3 N–H and O–H groups in total. The van der Waals surface area contributed by atoms with E-state index in [1.54, 1.807) is 12.1 Å². The standard InChI is InChI=1S/C13H18ClN3O/c1-16-10-3-2-6-17(8-10)12-7-9(14)4-5-11(12)13(15)18/h4-5,7,10,16H,2-3,6,8H2,1H3,(H2,15,18). The monoisotopic (exact) mass is 267 g/mol. The highest BCUT2D eigenvalue weighted by molar-refractivity contribution is 6.31. The Morgan fingerprint density at radius 2 is 2.33 bits per heavy atom. The molecule has 1 atom stereocenters. The zero-order chi connectivity index (χ0) is 13.1. The molecule has 1 unspecified atom stereocenters. The van der Waals surface area contributed by atoms with Crippen LogP contribution in [0.15, 0.2) is 18.2 Å². The molecule has 1 aromatic rings. The van der Waals surface area contributed by atoms with Crippen molar-refractivity contribution in [2.45, 2.75) is 18.9 Å². The van der Waals surface area contributed by atoms with Gasteiger partial charge >= 0.3 is 0 Å². The SMILES string of the molecule is CNC1CCCN(c2cc(Cl)ccc2C(N)=O)C1. The van der Waals surface area contributed by atoms with E-state index in [1.807, 2.05) is 13.1 Å². The fourth-order valence-corrected chi connectivity index (χ4v) is 2.57. The Morgan fingerprint density at radius 1 is 1.56 bits per heavy atom. The van der Waals surface area contributed by atoms with Crippen molar-refractivity contribution in [1.82, 2.24) is 5.32 Å². The number of halogens is 1. The molecule has 1 saturated heterocycles. The third-order valence-electron chi connectivity index (χ3n) is 3.40. The van der Waals surface area contributed by atoms with Gasteiger partial charge in [-0.05, 0) is 38.1 Å². The van der Waals surface area contributed by atoms with E-state index in [-0.39, 0.29) is 0 Å². The number of carbonyl (C=O) groups is 1. The van der Waals surface area contributed by atoms with Gasteiger partial charge in [-0.15, -0.1) is 0 Å². The number of anilines is 1. The van der Waals surface area contributed by atoms with Crippen LogP contribution in [0.2, 0.25) is 5.02 Å². The summed E-state index contributed by atoms with van der Waals surface area (Å²) in [6.45, 7) is 1.80. The molecule has 0 aliphatic carbocycles. The van der Waals surface area contributed by atoms with E-state index >= 15 is 0 Å². The van der Waals surface area contributed by atoms with Gasteiger partial charge in [-0.2, -0.15) is 0 Å². The lowest BCUT2D eigenvalue weighted by atomic mass is 10.0. The molecule has 1 aromatic carbocycles. The third kappa shape index (κ3) is 2.76. The first-order chi connectivity index (χ1) is 8.61. The first-order valence-electron chi connectivity index (χ1n) is 6.13. The second-order valence-corrected chi connectivity index (χ2v) is 5.04. The first kappa shape index (κ1) is 13.2. The summed E-state index contributed by atoms with van der Waals surface area (Å²) >= 11 is 6.02. The van der Waals surface area contributed by atoms with Crippen molar-refractivity contribution in [3.05, 3.63) is 28.8 Å². The largest absolute Gasteiger partial charge is 0.369 e. The Labute approximate surface area is 112 Å². The van der Waals surface area contributed by atoms with Crippen LogP contribution < -0.4 is 16.0 Å². The van der Waals surface area contributed by atoms with E-state index in [0.717, 1.165) is 31.6 Å². The van der Waals surface area contributed by atoms with Gasteiger partial charge in [-0.1, -0.05) is 11.6 Å². The predicted molar refractivity (Wildman–Crippen MR) is 74.3 cm³/mol. The molecule has 1 aliphatic rings. The molecule has 1 fully saturated rings. The van der Waals surface area contributed by atoms with Crippen LogP contribution in [0.3, 0.4) is 0 Å². The Bertz CT molecular complexity index is 450. The highest BCUT2D eigenvalue weighted by Crippen LogP contribution is 2.27. The number of amides is 1. The third-order valence-corrected chi connectivity index (χ3v) is 3.63. The summed E-state index contributed by atoms with van der Waals surface area (Å²) in [5.41, 5.74) is 6.79. The second-order valence-electron chi connectivity index (χ2n) is 4.60. The minimum Gasteiger partial charge on any atom is -0.369 e. The van der Waals surface area contributed by atoms with Gasteiger partial charge in [0.15, 0.2) is 0 Å². The maximum absolute atomic E-state index is 11.5. The number of piperidine rings is 1. The van der Waals surface area contributed by atoms with Crippen molar-refractivity contribution < 1.29 is 4.79 Å². The molecule has 98 valence electrons. The Hall–Kier alpha value is -1.26. The van der Waals surface area contributed by atoms with E-state index in [0.29, 0.717) is 16.6 Å². The molecule has 5 heteroatoms. The number of benzene rings is 1. The van der Waals surface area contributed by atoms with Gasteiger partial charge in [-0.3, -0.25) is 4.79 Å². The molecule has 0 aromatic heterocycles. The molecule has 4 nitrogen and oxygen atoms in total. The number of nitrogens with two attached hydrogens (primary N) is 1. The lowest BCUT2D eigenvalue weighted by molar-refractivity contribution is 0.100. The minimum atomic E-state index is -0.409. The van der Waals surface area contributed by atoms with Crippen LogP contribution in [0.4, 0.5) is 5.69 Å². The summed E-state index contributed by atoms with van der Waals surface area (Å²) in [4.78, 5) is 13.6. The molecule has 0 radical (unpaired) electrons. The van der Waals surface area contributed by atoms with Crippen LogP contribution in [0.5, 0.6) is 0 Å². The van der Waals surface area contributed by atoms with E-state index in [4.69, 9.17) is 17.3 Å². The van der Waals surface area contributed by atoms with Crippen LogP contribution in [-0.4, -0.2) is 32.1 Å². The fraction of sp³-hybridized carbons (Fsp3) is 0.462. The summed E-state index contributed by atoms with van der Waals surface area (Å²) in [7, 11) is 1.96. The summed E-state index contributed by atoms with van der Waals surface area (Å²) in [6.07, 6.45) is 2.25. The van der Waals surface area contributed by atoms with Gasteiger partial charge in [-0.25, -0.2) is 0 Å². The number of carbonyl (C=O) groups excluding carboxylic acids is 1. The highest BCUT2D eigenvalue weighted by atomic mass is 35.5. The minimum absolute atomic E-state index is 0.409. The van der Waals surface area contributed by atoms with E-state index in [2.05, 4.69) is 10.2 Å². The van der Waals surface area contributed by atoms with Crippen LogP contribution in [0.25, 0.3) is 0 Å². The average Bonchev–Trinajstić information content (AvgIpc) is 2.38. The molecule has 1 heterocycles. The second kappa shape index (κ2) is 5.59. The van der Waals surface area contributed by atoms with Gasteiger partial charge in [0.05, 0.1) is 11.3 Å². The summed E-state index contributed by atoms with van der Waals surface area (Å²) in [5, 5.41) is 3.90. The highest BCUT2D eigenvalue weighted by Gasteiger charge is 2.22. The molecular formula is C13H18ClN3O. The Kier molecular flexibility index (Phi) is 4.09. The van der Waals surface area contributed by atoms with Crippen LogP contribution in [0, 0.1) is 0 Å². The summed E-state index contributed by atoms with van der Waals surface area (Å²) in [5.74, 6) is -0.409. The average molecular weight is 268 g/mol. The molecule has 1 amide bonds. The first-order valence-corrected chi connectivity index (χ1v) is 6.51. The molecule has 1 aliphatic heterocycles. The zero-order valence-corrected chi connectivity index (χ0v) is 11.2. The quantitative estimate of drug-likeness (QED) is 0.875. The van der Waals surface area contributed by atoms with Crippen LogP contribution >= 0.6 is 11.6 Å². The zero-order valence-electron chi connectivity index (χ0n) is 10.4. The lowest BCUT2D eigenvalue weighted by Gasteiger charge is -2.35. The number of likely N-dealkylation sites (N-methyl/N-ethyl adjacent to an activating group) is 1. The molecule has 2 rings (SSSR count). The molecule has 18 heavy (non-hydrogen) atoms. The van der Waals surface area contributed by atoms with Crippen molar-refractivity contribution in [1.29, 1.82) is 0 Å². The fourth-order valence-electron chi connectivity index (χ4n) is 2.41. The van der Waals surface area contributed by atoms with Crippen molar-refractivity contribution in [3.63, 3.8) is 0 Å².